The van der Waals surface area contributed by atoms with Crippen LogP contribution < -0.4 is 5.32 Å². The van der Waals surface area contributed by atoms with E-state index in [9.17, 15) is 0 Å². The van der Waals surface area contributed by atoms with Gasteiger partial charge in [-0.05, 0) is 49.4 Å². The van der Waals surface area contributed by atoms with Gasteiger partial charge in [-0.2, -0.15) is 0 Å². The molecule has 0 aromatic heterocycles. The Kier molecular flexibility index (Phi) is 2.93. The Hall–Kier alpha value is -0.860. The number of nitrogens with one attached hydrogen (secondary N) is 1. The summed E-state index contributed by atoms with van der Waals surface area (Å²) < 4.78 is 0. The van der Waals surface area contributed by atoms with E-state index in [1.807, 2.05) is 0 Å². The minimum Gasteiger partial charge on any atom is -0.316 e. The lowest BCUT2D eigenvalue weighted by Gasteiger charge is -2.23. The van der Waals surface area contributed by atoms with Crippen molar-refractivity contribution in [2.24, 2.45) is 5.41 Å². The van der Waals surface area contributed by atoms with E-state index in [1.54, 1.807) is 0 Å². The number of aryl methyl sites for hydroxylation is 1. The molecule has 2 heteroatoms. The van der Waals surface area contributed by atoms with Crippen LogP contribution in [0, 0.1) is 12.3 Å². The zero-order valence-corrected chi connectivity index (χ0v) is 10.7. The highest BCUT2D eigenvalue weighted by Crippen LogP contribution is 2.36. The van der Waals surface area contributed by atoms with Crippen molar-refractivity contribution in [3.8, 4) is 0 Å². The van der Waals surface area contributed by atoms with E-state index in [-0.39, 0.29) is 0 Å². The molecule has 3 rings (SSSR count). The largest absolute Gasteiger partial charge is 0.316 e. The molecule has 2 nitrogen and oxygen atoms in total. The summed E-state index contributed by atoms with van der Waals surface area (Å²) in [6, 6.07) is 8.78. The van der Waals surface area contributed by atoms with Crippen LogP contribution >= 0.6 is 0 Å². The first kappa shape index (κ1) is 11.2. The summed E-state index contributed by atoms with van der Waals surface area (Å²) in [4.78, 5) is 2.63. The van der Waals surface area contributed by atoms with Crippen LogP contribution in [-0.2, 0) is 6.54 Å². The number of benzene rings is 1. The van der Waals surface area contributed by atoms with Crippen molar-refractivity contribution >= 4 is 0 Å². The molecule has 92 valence electrons. The first-order valence-electron chi connectivity index (χ1n) is 6.75. The standard InChI is InChI=1S/C15H22N2/c1-13-4-2-3-5-14(13)10-17-9-7-15(12-17)6-8-16-11-15/h2-5,16H,6-12H2,1H3. The van der Waals surface area contributed by atoms with Crippen molar-refractivity contribution in [1.29, 1.82) is 0 Å². The highest BCUT2D eigenvalue weighted by molar-refractivity contribution is 5.25. The van der Waals surface area contributed by atoms with E-state index in [0.717, 1.165) is 6.54 Å². The second-order valence-corrected chi connectivity index (χ2v) is 5.81. The molecular weight excluding hydrogens is 208 g/mol. The lowest BCUT2D eigenvalue weighted by atomic mass is 9.86. The minimum absolute atomic E-state index is 0.600. The van der Waals surface area contributed by atoms with Crippen molar-refractivity contribution in [3.63, 3.8) is 0 Å². The molecule has 1 unspecified atom stereocenters. The van der Waals surface area contributed by atoms with Crippen molar-refractivity contribution < 1.29 is 0 Å². The molecule has 2 aliphatic heterocycles. The average Bonchev–Trinajstić information content (AvgIpc) is 2.94. The molecule has 1 aromatic carbocycles. The van der Waals surface area contributed by atoms with E-state index >= 15 is 0 Å². The molecule has 2 aliphatic rings. The van der Waals surface area contributed by atoms with Gasteiger partial charge < -0.3 is 5.32 Å². The van der Waals surface area contributed by atoms with Gasteiger partial charge in [-0.25, -0.2) is 0 Å². The van der Waals surface area contributed by atoms with Crippen LogP contribution in [0.15, 0.2) is 24.3 Å². The van der Waals surface area contributed by atoms with Crippen LogP contribution in [0.3, 0.4) is 0 Å². The van der Waals surface area contributed by atoms with Crippen LogP contribution in [-0.4, -0.2) is 31.1 Å². The van der Waals surface area contributed by atoms with Gasteiger partial charge in [0.2, 0.25) is 0 Å². The van der Waals surface area contributed by atoms with E-state index in [0.29, 0.717) is 5.41 Å². The highest BCUT2D eigenvalue weighted by atomic mass is 15.2. The molecule has 1 N–H and O–H groups in total. The second-order valence-electron chi connectivity index (χ2n) is 5.81. The number of hydrogen-bond acceptors (Lipinski definition) is 2. The van der Waals surface area contributed by atoms with Gasteiger partial charge in [-0.1, -0.05) is 24.3 Å². The normalized spacial score (nSPS) is 29.2. The van der Waals surface area contributed by atoms with Gasteiger partial charge in [0.05, 0.1) is 0 Å². The predicted octanol–water partition coefficient (Wildman–Crippen LogP) is 2.18. The van der Waals surface area contributed by atoms with Crippen LogP contribution in [0.2, 0.25) is 0 Å². The molecule has 0 bridgehead atoms. The molecule has 1 spiro atoms. The van der Waals surface area contributed by atoms with Crippen molar-refractivity contribution in [1.82, 2.24) is 10.2 Å². The zero-order valence-electron chi connectivity index (χ0n) is 10.7. The van der Waals surface area contributed by atoms with E-state index in [2.05, 4.69) is 41.4 Å². The summed E-state index contributed by atoms with van der Waals surface area (Å²) in [5, 5.41) is 3.52. The third kappa shape index (κ3) is 2.24. The van der Waals surface area contributed by atoms with Crippen LogP contribution in [0.4, 0.5) is 0 Å². The summed E-state index contributed by atoms with van der Waals surface area (Å²) in [5.74, 6) is 0. The van der Waals surface area contributed by atoms with Gasteiger partial charge in [-0.3, -0.25) is 4.90 Å². The fourth-order valence-corrected chi connectivity index (χ4v) is 3.33. The maximum atomic E-state index is 3.52. The molecule has 1 aromatic rings. The summed E-state index contributed by atoms with van der Waals surface area (Å²) >= 11 is 0. The summed E-state index contributed by atoms with van der Waals surface area (Å²) in [5.41, 5.74) is 3.52. The maximum absolute atomic E-state index is 3.52. The zero-order chi connectivity index (χ0) is 11.7. The van der Waals surface area contributed by atoms with Crippen LogP contribution in [0.1, 0.15) is 24.0 Å². The molecule has 1 atom stereocenters. The minimum atomic E-state index is 0.600. The Bertz CT molecular complexity index is 394. The van der Waals surface area contributed by atoms with Crippen LogP contribution in [0.25, 0.3) is 0 Å². The first-order chi connectivity index (χ1) is 8.27. The highest BCUT2D eigenvalue weighted by Gasteiger charge is 2.39. The third-order valence-corrected chi connectivity index (χ3v) is 4.50. The lowest BCUT2D eigenvalue weighted by molar-refractivity contribution is 0.268. The monoisotopic (exact) mass is 230 g/mol. The first-order valence-corrected chi connectivity index (χ1v) is 6.75. The van der Waals surface area contributed by atoms with Crippen molar-refractivity contribution in [2.45, 2.75) is 26.3 Å². The number of rotatable bonds is 2. The number of nitrogens with zero attached hydrogens (tertiary/aromatic N) is 1. The summed E-state index contributed by atoms with van der Waals surface area (Å²) in [6.45, 7) is 8.37. The molecule has 17 heavy (non-hydrogen) atoms. The predicted molar refractivity (Wildman–Crippen MR) is 71.0 cm³/mol. The van der Waals surface area contributed by atoms with Gasteiger partial charge >= 0.3 is 0 Å². The Morgan fingerprint density at radius 3 is 2.94 bits per heavy atom. The van der Waals surface area contributed by atoms with Gasteiger partial charge in [0, 0.05) is 19.6 Å². The maximum Gasteiger partial charge on any atom is 0.0236 e. The number of likely N-dealkylation sites (tertiary alicyclic amines) is 1. The molecule has 0 aliphatic carbocycles. The Balaban J connectivity index is 1.66. The number of hydrogen-bond donors (Lipinski definition) is 1. The van der Waals surface area contributed by atoms with Gasteiger partial charge in [0.1, 0.15) is 0 Å². The van der Waals surface area contributed by atoms with Gasteiger partial charge in [0.15, 0.2) is 0 Å². The molecule has 2 heterocycles. The molecule has 2 saturated heterocycles. The lowest BCUT2D eigenvalue weighted by Crippen LogP contribution is -2.29. The molecule has 0 saturated carbocycles. The fourth-order valence-electron chi connectivity index (χ4n) is 3.33. The van der Waals surface area contributed by atoms with E-state index in [4.69, 9.17) is 0 Å². The van der Waals surface area contributed by atoms with Crippen molar-refractivity contribution in [2.75, 3.05) is 26.2 Å². The summed E-state index contributed by atoms with van der Waals surface area (Å²) in [7, 11) is 0. The van der Waals surface area contributed by atoms with Gasteiger partial charge in [-0.15, -0.1) is 0 Å². The molecular formula is C15H22N2. The Morgan fingerprint density at radius 2 is 2.18 bits per heavy atom. The third-order valence-electron chi connectivity index (χ3n) is 4.50. The summed E-state index contributed by atoms with van der Waals surface area (Å²) in [6.07, 6.45) is 2.75. The van der Waals surface area contributed by atoms with E-state index in [1.165, 1.54) is 50.1 Å². The quantitative estimate of drug-likeness (QED) is 0.838. The Labute approximate surface area is 104 Å². The van der Waals surface area contributed by atoms with Gasteiger partial charge in [0.25, 0.3) is 0 Å². The fraction of sp³-hybridized carbons (Fsp3) is 0.600. The molecule has 2 fully saturated rings. The van der Waals surface area contributed by atoms with Crippen molar-refractivity contribution in [3.05, 3.63) is 35.4 Å². The van der Waals surface area contributed by atoms with E-state index < -0.39 is 0 Å². The Morgan fingerprint density at radius 1 is 1.29 bits per heavy atom. The van der Waals surface area contributed by atoms with Crippen LogP contribution in [0.5, 0.6) is 0 Å². The average molecular weight is 230 g/mol. The SMILES string of the molecule is Cc1ccccc1CN1CCC2(CCNC2)C1. The second kappa shape index (κ2) is 4.43. The topological polar surface area (TPSA) is 15.3 Å². The molecule has 0 radical (unpaired) electrons. The molecule has 0 amide bonds. The smallest absolute Gasteiger partial charge is 0.0236 e.